The lowest BCUT2D eigenvalue weighted by atomic mass is 10.1. The van der Waals surface area contributed by atoms with Crippen molar-refractivity contribution in [2.45, 2.75) is 13.3 Å². The molecule has 5 nitrogen and oxygen atoms in total. The van der Waals surface area contributed by atoms with Crippen molar-refractivity contribution in [3.05, 3.63) is 12.4 Å². The van der Waals surface area contributed by atoms with Crippen LogP contribution in [0.5, 0.6) is 0 Å². The second kappa shape index (κ2) is 4.69. The van der Waals surface area contributed by atoms with Crippen LogP contribution in [0, 0.1) is 5.92 Å². The molecule has 1 aromatic heterocycles. The number of carbonyl (C=O) groups is 2. The van der Waals surface area contributed by atoms with Gasteiger partial charge in [-0.15, -0.1) is 0 Å². The summed E-state index contributed by atoms with van der Waals surface area (Å²) >= 11 is 1.29. The van der Waals surface area contributed by atoms with E-state index in [0.717, 1.165) is 11.4 Å². The molecule has 0 aliphatic carbocycles. The van der Waals surface area contributed by atoms with Crippen LogP contribution < -0.4 is 4.90 Å². The molecule has 86 valence electrons. The van der Waals surface area contributed by atoms with Gasteiger partial charge in [-0.1, -0.05) is 11.8 Å². The molecule has 0 spiro atoms. The lowest BCUT2D eigenvalue weighted by molar-refractivity contribution is -0.117. The Bertz CT molecular complexity index is 391. The molecule has 1 aromatic rings. The molecule has 1 unspecified atom stereocenters. The van der Waals surface area contributed by atoms with Gasteiger partial charge in [0.25, 0.3) is 0 Å². The molecule has 0 saturated carbocycles. The maximum atomic E-state index is 11.7. The lowest BCUT2D eigenvalue weighted by Crippen LogP contribution is -2.24. The minimum absolute atomic E-state index is 0.106. The van der Waals surface area contributed by atoms with E-state index in [2.05, 4.69) is 10.2 Å². The van der Waals surface area contributed by atoms with Crippen LogP contribution in [-0.4, -0.2) is 33.5 Å². The maximum absolute atomic E-state index is 11.7. The third-order valence-corrected chi connectivity index (χ3v) is 3.57. The van der Waals surface area contributed by atoms with Gasteiger partial charge in [0.15, 0.2) is 5.12 Å². The summed E-state index contributed by atoms with van der Waals surface area (Å²) in [5.41, 5.74) is 0.806. The summed E-state index contributed by atoms with van der Waals surface area (Å²) in [4.78, 5) is 24.3. The van der Waals surface area contributed by atoms with E-state index in [9.17, 15) is 9.59 Å². The second-order valence-electron chi connectivity index (χ2n) is 3.83. The largest absolute Gasteiger partial charge is 0.309 e. The van der Waals surface area contributed by atoms with Crippen LogP contribution in [0.1, 0.15) is 13.3 Å². The monoisotopic (exact) mass is 239 g/mol. The zero-order valence-electron chi connectivity index (χ0n) is 8.97. The summed E-state index contributed by atoms with van der Waals surface area (Å²) in [6.45, 7) is 2.23. The third kappa shape index (κ3) is 2.44. The average molecular weight is 239 g/mol. The summed E-state index contributed by atoms with van der Waals surface area (Å²) in [6, 6.07) is 0. The first-order valence-corrected chi connectivity index (χ1v) is 6.08. The first-order valence-electron chi connectivity index (χ1n) is 5.09. The summed E-state index contributed by atoms with van der Waals surface area (Å²) < 4.78 is 0. The molecule has 0 radical (unpaired) electrons. The lowest BCUT2D eigenvalue weighted by Gasteiger charge is -2.13. The Hall–Kier alpha value is -1.30. The SMILES string of the molecule is CC(=O)SCC1CC(=O)N(c2cn[nH]c2)C1. The Morgan fingerprint density at radius 1 is 1.75 bits per heavy atom. The van der Waals surface area contributed by atoms with Gasteiger partial charge in [-0.05, 0) is 5.92 Å². The van der Waals surface area contributed by atoms with Crippen molar-refractivity contribution >= 4 is 28.5 Å². The molecule has 6 heteroatoms. The zero-order valence-corrected chi connectivity index (χ0v) is 9.79. The molecule has 1 atom stereocenters. The predicted octanol–water partition coefficient (Wildman–Crippen LogP) is 1.04. The van der Waals surface area contributed by atoms with E-state index in [1.807, 2.05) is 0 Å². The Kier molecular flexibility index (Phi) is 3.28. The van der Waals surface area contributed by atoms with E-state index in [1.165, 1.54) is 11.8 Å². The summed E-state index contributed by atoms with van der Waals surface area (Å²) in [6.07, 6.45) is 3.86. The molecule has 2 heterocycles. The summed E-state index contributed by atoms with van der Waals surface area (Å²) in [5, 5.41) is 6.62. The van der Waals surface area contributed by atoms with E-state index in [-0.39, 0.29) is 16.9 Å². The Morgan fingerprint density at radius 3 is 3.19 bits per heavy atom. The highest BCUT2D eigenvalue weighted by atomic mass is 32.2. The number of H-pyrrole nitrogens is 1. The van der Waals surface area contributed by atoms with Crippen LogP contribution in [0.3, 0.4) is 0 Å². The van der Waals surface area contributed by atoms with Gasteiger partial charge in [0.1, 0.15) is 0 Å². The number of thioether (sulfide) groups is 1. The van der Waals surface area contributed by atoms with Crippen molar-refractivity contribution in [3.63, 3.8) is 0 Å². The number of aromatic nitrogens is 2. The third-order valence-electron chi connectivity index (χ3n) is 2.52. The van der Waals surface area contributed by atoms with Crippen molar-refractivity contribution < 1.29 is 9.59 Å². The number of nitrogens with one attached hydrogen (secondary N) is 1. The highest BCUT2D eigenvalue weighted by molar-refractivity contribution is 8.13. The molecule has 0 aromatic carbocycles. The number of hydrogen-bond acceptors (Lipinski definition) is 4. The standard InChI is InChI=1S/C10H13N3O2S/c1-7(14)16-6-8-2-10(15)13(5-8)9-3-11-12-4-9/h3-4,8H,2,5-6H2,1H3,(H,11,12). The predicted molar refractivity (Wildman–Crippen MR) is 62.2 cm³/mol. The maximum Gasteiger partial charge on any atom is 0.227 e. The molecular weight excluding hydrogens is 226 g/mol. The fourth-order valence-electron chi connectivity index (χ4n) is 1.77. The van der Waals surface area contributed by atoms with Crippen LogP contribution in [0.4, 0.5) is 5.69 Å². The van der Waals surface area contributed by atoms with Gasteiger partial charge in [-0.3, -0.25) is 14.7 Å². The van der Waals surface area contributed by atoms with E-state index in [1.54, 1.807) is 24.2 Å². The summed E-state index contributed by atoms with van der Waals surface area (Å²) in [5.74, 6) is 1.09. The van der Waals surface area contributed by atoms with Crippen LogP contribution in [0.2, 0.25) is 0 Å². The number of amides is 1. The molecule has 16 heavy (non-hydrogen) atoms. The first kappa shape index (κ1) is 11.2. The molecular formula is C10H13N3O2S. The normalized spacial score (nSPS) is 20.4. The zero-order chi connectivity index (χ0) is 11.5. The van der Waals surface area contributed by atoms with E-state index < -0.39 is 0 Å². The highest BCUT2D eigenvalue weighted by Gasteiger charge is 2.31. The van der Waals surface area contributed by atoms with Crippen LogP contribution >= 0.6 is 11.8 Å². The van der Waals surface area contributed by atoms with Gasteiger partial charge < -0.3 is 4.90 Å². The topological polar surface area (TPSA) is 66.1 Å². The first-order chi connectivity index (χ1) is 7.66. The minimum Gasteiger partial charge on any atom is -0.309 e. The smallest absolute Gasteiger partial charge is 0.227 e. The van der Waals surface area contributed by atoms with Crippen LogP contribution in [0.25, 0.3) is 0 Å². The van der Waals surface area contributed by atoms with E-state index in [0.29, 0.717) is 13.0 Å². The highest BCUT2D eigenvalue weighted by Crippen LogP contribution is 2.26. The number of hydrogen-bond donors (Lipinski definition) is 1. The Morgan fingerprint density at radius 2 is 2.56 bits per heavy atom. The fourth-order valence-corrected chi connectivity index (χ4v) is 2.46. The van der Waals surface area contributed by atoms with Crippen molar-refractivity contribution in [1.82, 2.24) is 10.2 Å². The molecule has 1 fully saturated rings. The van der Waals surface area contributed by atoms with Gasteiger partial charge in [0.05, 0.1) is 11.9 Å². The fraction of sp³-hybridized carbons (Fsp3) is 0.500. The van der Waals surface area contributed by atoms with Crippen molar-refractivity contribution in [2.24, 2.45) is 5.92 Å². The summed E-state index contributed by atoms with van der Waals surface area (Å²) in [7, 11) is 0. The molecule has 1 aliphatic heterocycles. The number of anilines is 1. The molecule has 2 rings (SSSR count). The Labute approximate surface area is 97.6 Å². The van der Waals surface area contributed by atoms with Gasteiger partial charge >= 0.3 is 0 Å². The molecule has 0 bridgehead atoms. The molecule has 1 aliphatic rings. The quantitative estimate of drug-likeness (QED) is 0.856. The van der Waals surface area contributed by atoms with Gasteiger partial charge in [0.2, 0.25) is 5.91 Å². The van der Waals surface area contributed by atoms with E-state index >= 15 is 0 Å². The van der Waals surface area contributed by atoms with Crippen molar-refractivity contribution in [1.29, 1.82) is 0 Å². The van der Waals surface area contributed by atoms with Gasteiger partial charge in [0, 0.05) is 31.8 Å². The minimum atomic E-state index is 0.106. The van der Waals surface area contributed by atoms with E-state index in [4.69, 9.17) is 0 Å². The van der Waals surface area contributed by atoms with Crippen LogP contribution in [-0.2, 0) is 9.59 Å². The number of aromatic amines is 1. The van der Waals surface area contributed by atoms with Crippen molar-refractivity contribution in [2.75, 3.05) is 17.2 Å². The molecule has 1 N–H and O–H groups in total. The molecule has 1 amide bonds. The average Bonchev–Trinajstić information content (AvgIpc) is 2.83. The number of carbonyl (C=O) groups excluding carboxylic acids is 2. The van der Waals surface area contributed by atoms with Crippen molar-refractivity contribution in [3.8, 4) is 0 Å². The second-order valence-corrected chi connectivity index (χ2v) is 5.03. The van der Waals surface area contributed by atoms with Gasteiger partial charge in [-0.2, -0.15) is 5.10 Å². The van der Waals surface area contributed by atoms with Gasteiger partial charge in [-0.25, -0.2) is 0 Å². The number of rotatable bonds is 3. The Balaban J connectivity index is 1.94. The molecule has 1 saturated heterocycles. The number of nitrogens with zero attached hydrogens (tertiary/aromatic N) is 2. The van der Waals surface area contributed by atoms with Crippen LogP contribution in [0.15, 0.2) is 12.4 Å².